The van der Waals surface area contributed by atoms with Gasteiger partial charge in [-0.1, -0.05) is 213 Å². The quantitative estimate of drug-likeness (QED) is 0.147. The van der Waals surface area contributed by atoms with E-state index < -0.39 is 0 Å². The first-order chi connectivity index (χ1) is 40.3. The number of aryl methyl sites for hydroxylation is 1. The van der Waals surface area contributed by atoms with Crippen molar-refractivity contribution < 1.29 is 0 Å². The Morgan fingerprint density at radius 2 is 0.953 bits per heavy atom. The average molecular weight is 1130 g/mol. The number of rotatable bonds is 7. The molecule has 0 fully saturated rings. The lowest BCUT2D eigenvalue weighted by Gasteiger charge is -2.45. The molecule has 3 nitrogen and oxygen atoms in total. The second-order valence-corrected chi connectivity index (χ2v) is 30.9. The van der Waals surface area contributed by atoms with Gasteiger partial charge in [-0.15, -0.1) is 11.3 Å². The van der Waals surface area contributed by atoms with E-state index in [9.17, 15) is 0 Å². The monoisotopic (exact) mass is 1130 g/mol. The second kappa shape index (κ2) is 20.5. The molecule has 1 aliphatic carbocycles. The van der Waals surface area contributed by atoms with Crippen molar-refractivity contribution in [2.24, 2.45) is 0 Å². The Balaban J connectivity index is 1.19. The predicted octanol–water partition coefficient (Wildman–Crippen LogP) is 21.2. The molecule has 0 unspecified atom stereocenters. The number of nitrogens with zero attached hydrogens (tertiary/aromatic N) is 3. The summed E-state index contributed by atoms with van der Waals surface area (Å²) in [5.41, 5.74) is 27.8. The molecule has 0 bridgehead atoms. The summed E-state index contributed by atoms with van der Waals surface area (Å²) < 4.78 is 2.69. The van der Waals surface area contributed by atoms with Gasteiger partial charge in [-0.3, -0.25) is 0 Å². The maximum atomic E-state index is 2.70. The highest BCUT2D eigenvalue weighted by molar-refractivity contribution is 7.33. The van der Waals surface area contributed by atoms with Crippen LogP contribution in [-0.2, 0) is 39.9 Å². The third-order valence-electron chi connectivity index (χ3n) is 18.6. The summed E-state index contributed by atoms with van der Waals surface area (Å²) in [5.74, 6) is 0. The molecule has 0 spiro atoms. The highest BCUT2D eigenvalue weighted by Gasteiger charge is 2.47. The predicted molar refractivity (Wildman–Crippen MR) is 372 cm³/mol. The Labute approximate surface area is 512 Å². The molecule has 3 heterocycles. The van der Waals surface area contributed by atoms with Crippen LogP contribution in [-0.4, -0.2) is 6.71 Å². The van der Waals surface area contributed by atoms with Gasteiger partial charge in [0.15, 0.2) is 0 Å². The smallest absolute Gasteiger partial charge is 0.264 e. The van der Waals surface area contributed by atoms with E-state index in [-0.39, 0.29) is 33.8 Å². The molecule has 5 heteroatoms. The Kier molecular flexibility index (Phi) is 13.7. The molecule has 2 aliphatic heterocycles. The summed E-state index contributed by atoms with van der Waals surface area (Å²) in [5, 5.41) is 1.30. The number of hydrogen-bond acceptors (Lipinski definition) is 4. The molecule has 0 N–H and O–H groups in total. The number of thiophene rings is 1. The van der Waals surface area contributed by atoms with Crippen LogP contribution in [0.5, 0.6) is 0 Å². The SMILES string of the molecule is CC(C)(C)c1cc(-c2cccc(N3c4cc(N(c5ccccc5)c5ccccc5)cc5c4B(c4cc(C(C)(C)C)ccc4N5c4ccc(C(C)(C)C)cc4-c4cccc5c4CCCC5)c4sc5ccc(C(C)(C)C)cc5c43)c2)cc(C(C)(C)C)c1. The van der Waals surface area contributed by atoms with Crippen LogP contribution < -0.4 is 30.4 Å². The molecule has 0 amide bonds. The Morgan fingerprint density at radius 1 is 0.400 bits per heavy atom. The topological polar surface area (TPSA) is 9.72 Å². The van der Waals surface area contributed by atoms with Gasteiger partial charge in [-0.25, -0.2) is 0 Å². The van der Waals surface area contributed by atoms with Gasteiger partial charge in [0.25, 0.3) is 6.71 Å². The van der Waals surface area contributed by atoms with E-state index in [0.29, 0.717) is 0 Å². The summed E-state index contributed by atoms with van der Waals surface area (Å²) in [6.45, 7) is 35.3. The highest BCUT2D eigenvalue weighted by Crippen LogP contribution is 2.54. The van der Waals surface area contributed by atoms with Gasteiger partial charge < -0.3 is 14.7 Å². The van der Waals surface area contributed by atoms with Crippen LogP contribution in [0.25, 0.3) is 32.3 Å². The Morgan fingerprint density at radius 3 is 1.58 bits per heavy atom. The average Bonchev–Trinajstić information content (AvgIpc) is 2.05. The zero-order chi connectivity index (χ0) is 59.7. The summed E-state index contributed by atoms with van der Waals surface area (Å²) in [7, 11) is 0. The number of fused-ring (bicyclic) bond motifs is 7. The Bertz CT molecular complexity index is 4150. The lowest BCUT2D eigenvalue weighted by Crippen LogP contribution is -2.60. The van der Waals surface area contributed by atoms with Crippen molar-refractivity contribution in [2.45, 2.75) is 157 Å². The van der Waals surface area contributed by atoms with Crippen LogP contribution in [0.1, 0.15) is 156 Å². The standard InChI is InChI=1S/C80H84BN3S/c1-76(2,3)54-36-39-68(65(46-54)64-35-25-27-51-26-22-23-34-63(51)64)84-69-40-37-56(78(7,8)9)48-67(69)81-73-70(49-62(50-71(73)84)82(59-29-18-16-19-30-59)60-31-20-17-21-32-60)83(74-66-47-55(77(4,5)6)38-41-72(66)85-75(74)81)61-33-24-28-52(44-61)53-42-57(79(10,11)12)45-58(43-53)80(13,14)15/h16-21,24-25,27-33,35-50H,22-23,26,34H2,1-15H3. The maximum absolute atomic E-state index is 2.70. The molecular formula is C80H84BN3S. The van der Waals surface area contributed by atoms with Crippen LogP contribution in [0.4, 0.5) is 51.2 Å². The molecule has 10 aromatic rings. The van der Waals surface area contributed by atoms with Crippen molar-refractivity contribution in [3.8, 4) is 22.3 Å². The van der Waals surface area contributed by atoms with Crippen molar-refractivity contribution in [3.63, 3.8) is 0 Å². The zero-order valence-electron chi connectivity index (χ0n) is 53.1. The lowest BCUT2D eigenvalue weighted by atomic mass is 9.36. The highest BCUT2D eigenvalue weighted by atomic mass is 32.1. The van der Waals surface area contributed by atoms with Crippen molar-refractivity contribution in [1.82, 2.24) is 0 Å². The van der Waals surface area contributed by atoms with Crippen molar-refractivity contribution >= 4 is 95.0 Å². The summed E-state index contributed by atoms with van der Waals surface area (Å²) >= 11 is 1.99. The van der Waals surface area contributed by atoms with Crippen LogP contribution in [0.15, 0.2) is 188 Å². The van der Waals surface area contributed by atoms with Gasteiger partial charge in [0.05, 0.1) is 17.1 Å². The largest absolute Gasteiger partial charge is 0.311 e. The summed E-state index contributed by atoms with van der Waals surface area (Å²) in [6, 6.07) is 73.5. The molecule has 13 rings (SSSR count). The van der Waals surface area contributed by atoms with E-state index >= 15 is 0 Å². The Hall–Kier alpha value is -7.60. The molecular weight excluding hydrogens is 1050 g/mol. The van der Waals surface area contributed by atoms with Crippen LogP contribution in [0.3, 0.4) is 0 Å². The van der Waals surface area contributed by atoms with Gasteiger partial charge in [0, 0.05) is 54.6 Å². The fourth-order valence-electron chi connectivity index (χ4n) is 13.6. The van der Waals surface area contributed by atoms with E-state index in [0.717, 1.165) is 35.6 Å². The van der Waals surface area contributed by atoms with E-state index in [2.05, 4.69) is 307 Å². The minimum atomic E-state index is -0.0931. The van der Waals surface area contributed by atoms with E-state index in [1.165, 1.54) is 128 Å². The van der Waals surface area contributed by atoms with Crippen LogP contribution >= 0.6 is 11.3 Å². The molecule has 0 radical (unpaired) electrons. The minimum absolute atomic E-state index is 0.0323. The molecule has 0 saturated heterocycles. The summed E-state index contributed by atoms with van der Waals surface area (Å²) in [4.78, 5) is 7.89. The minimum Gasteiger partial charge on any atom is -0.311 e. The summed E-state index contributed by atoms with van der Waals surface area (Å²) in [6.07, 6.45) is 4.65. The van der Waals surface area contributed by atoms with Crippen LogP contribution in [0.2, 0.25) is 0 Å². The third kappa shape index (κ3) is 10.1. The fraction of sp³-hybridized carbons (Fsp3) is 0.300. The molecule has 1 aromatic heterocycles. The van der Waals surface area contributed by atoms with Crippen molar-refractivity contribution in [2.75, 3.05) is 14.7 Å². The third-order valence-corrected chi connectivity index (χ3v) is 19.8. The lowest BCUT2D eigenvalue weighted by molar-refractivity contribution is 0.569. The number of benzene rings is 9. The van der Waals surface area contributed by atoms with Gasteiger partial charge >= 0.3 is 0 Å². The molecule has 85 heavy (non-hydrogen) atoms. The number of para-hydroxylation sites is 2. The molecule has 428 valence electrons. The second-order valence-electron chi connectivity index (χ2n) is 29.8. The van der Waals surface area contributed by atoms with Gasteiger partial charge in [0.2, 0.25) is 0 Å². The fourth-order valence-corrected chi connectivity index (χ4v) is 14.9. The maximum Gasteiger partial charge on any atom is 0.264 e. The number of hydrogen-bond donors (Lipinski definition) is 0. The van der Waals surface area contributed by atoms with Gasteiger partial charge in [0.1, 0.15) is 0 Å². The van der Waals surface area contributed by atoms with Crippen LogP contribution in [0, 0.1) is 0 Å². The van der Waals surface area contributed by atoms with Gasteiger partial charge in [-0.2, -0.15) is 0 Å². The number of anilines is 9. The van der Waals surface area contributed by atoms with E-state index in [4.69, 9.17) is 0 Å². The van der Waals surface area contributed by atoms with E-state index in [1.807, 2.05) is 11.3 Å². The zero-order valence-corrected chi connectivity index (χ0v) is 53.9. The molecule has 9 aromatic carbocycles. The van der Waals surface area contributed by atoms with Crippen molar-refractivity contribution in [3.05, 3.63) is 227 Å². The molecule has 0 atom stereocenters. The first kappa shape index (κ1) is 56.5. The first-order valence-corrected chi connectivity index (χ1v) is 32.0. The normalized spacial score (nSPS) is 14.3. The van der Waals surface area contributed by atoms with Crippen molar-refractivity contribution in [1.29, 1.82) is 0 Å². The van der Waals surface area contributed by atoms with E-state index in [1.54, 1.807) is 0 Å². The molecule has 0 saturated carbocycles. The van der Waals surface area contributed by atoms with Gasteiger partial charge in [-0.05, 0) is 198 Å². The molecule has 3 aliphatic rings. The first-order valence-electron chi connectivity index (χ1n) is 31.2.